The number of halogens is 3. The maximum Gasteiger partial charge on any atom is 0.167 e. The number of hydrazone groups is 1. The zero-order valence-electron chi connectivity index (χ0n) is 20.9. The van der Waals surface area contributed by atoms with Crippen LogP contribution in [0.1, 0.15) is 47.6 Å². The Morgan fingerprint density at radius 1 is 0.974 bits per heavy atom. The second-order valence-electron chi connectivity index (χ2n) is 9.58. The van der Waals surface area contributed by atoms with E-state index in [1.165, 1.54) is 0 Å². The molecule has 1 aliphatic carbocycles. The fourth-order valence-electron chi connectivity index (χ4n) is 4.64. The number of Topliss-reactive ketones (excluding diaryl/α,β-unsaturated/α-hetero) is 1. The van der Waals surface area contributed by atoms with Crippen molar-refractivity contribution in [2.45, 2.75) is 31.8 Å². The molecule has 7 nitrogen and oxygen atoms in total. The fraction of sp³-hybridized carbons (Fsp3) is 0.241. The van der Waals surface area contributed by atoms with Gasteiger partial charge in [-0.2, -0.15) is 5.10 Å². The standard InChI is InChI=1S/C29H27Cl3N4O3/c30-21-2-1-3-22(31)26(21)27(33)20(28(37)15-4-5-15)14-38-18-8-9-19(23(32)13-18)25-11-6-16-12-17(29(34)36-35)7-10-24(16)39-25/h1-3,7-10,12-13,15,25H,4-6,11,14,33,35H2,(H2,34,36). The number of carbonyl (C=O) groups is 1. The van der Waals surface area contributed by atoms with Crippen LogP contribution in [0.3, 0.4) is 0 Å². The number of ether oxygens (including phenoxy) is 2. The van der Waals surface area contributed by atoms with Gasteiger partial charge in [-0.25, -0.2) is 0 Å². The Balaban J connectivity index is 1.34. The largest absolute Gasteiger partial charge is 0.489 e. The Kier molecular flexibility index (Phi) is 7.93. The minimum atomic E-state index is -0.227. The molecule has 10 heteroatoms. The topological polar surface area (TPSA) is 126 Å². The first kappa shape index (κ1) is 27.2. The highest BCUT2D eigenvalue weighted by molar-refractivity contribution is 6.37. The average Bonchev–Trinajstić information content (AvgIpc) is 3.78. The molecule has 2 aliphatic rings. The Morgan fingerprint density at radius 2 is 1.72 bits per heavy atom. The highest BCUT2D eigenvalue weighted by Crippen LogP contribution is 2.40. The summed E-state index contributed by atoms with van der Waals surface area (Å²) in [5.41, 5.74) is 15.9. The van der Waals surface area contributed by atoms with E-state index in [0.29, 0.717) is 32.0 Å². The third kappa shape index (κ3) is 5.81. The molecule has 3 aromatic rings. The van der Waals surface area contributed by atoms with Gasteiger partial charge in [0, 0.05) is 22.6 Å². The van der Waals surface area contributed by atoms with Gasteiger partial charge in [-0.15, -0.1) is 0 Å². The van der Waals surface area contributed by atoms with Crippen LogP contribution in [0.4, 0.5) is 0 Å². The first-order valence-electron chi connectivity index (χ1n) is 12.5. The normalized spacial score (nSPS) is 17.6. The van der Waals surface area contributed by atoms with E-state index in [-0.39, 0.29) is 35.9 Å². The SMILES string of the molecule is N/N=C(\N)c1ccc2c(c1)CCC(c1ccc(OCC(C(=O)C3CC3)=C(N)c3c(Cl)cccc3Cl)cc1Cl)O2. The van der Waals surface area contributed by atoms with Crippen molar-refractivity contribution < 1.29 is 14.3 Å². The minimum Gasteiger partial charge on any atom is -0.489 e. The van der Waals surface area contributed by atoms with E-state index in [1.807, 2.05) is 24.3 Å². The minimum absolute atomic E-state index is 0.0384. The molecule has 0 saturated heterocycles. The van der Waals surface area contributed by atoms with Crippen LogP contribution in [0, 0.1) is 5.92 Å². The van der Waals surface area contributed by atoms with Crippen LogP contribution >= 0.6 is 34.8 Å². The molecule has 39 heavy (non-hydrogen) atoms. The molecule has 0 aromatic heterocycles. The summed E-state index contributed by atoms with van der Waals surface area (Å²) in [6, 6.07) is 16.1. The monoisotopic (exact) mass is 584 g/mol. The smallest absolute Gasteiger partial charge is 0.167 e. The van der Waals surface area contributed by atoms with E-state index >= 15 is 0 Å². The molecule has 202 valence electrons. The molecule has 6 N–H and O–H groups in total. The van der Waals surface area contributed by atoms with Crippen molar-refractivity contribution in [3.05, 3.63) is 97.5 Å². The maximum absolute atomic E-state index is 13.1. The Bertz CT molecular complexity index is 1480. The van der Waals surface area contributed by atoms with Gasteiger partial charge in [0.25, 0.3) is 0 Å². The number of hydrogen-bond donors (Lipinski definition) is 3. The lowest BCUT2D eigenvalue weighted by molar-refractivity contribution is -0.116. The summed E-state index contributed by atoms with van der Waals surface area (Å²) in [4.78, 5) is 13.1. The third-order valence-electron chi connectivity index (χ3n) is 6.95. The summed E-state index contributed by atoms with van der Waals surface area (Å²) in [7, 11) is 0. The van der Waals surface area contributed by atoms with Gasteiger partial charge in [0.05, 0.1) is 26.3 Å². The van der Waals surface area contributed by atoms with E-state index in [4.69, 9.17) is 61.6 Å². The molecule has 1 heterocycles. The maximum atomic E-state index is 13.1. The predicted octanol–water partition coefficient (Wildman–Crippen LogP) is 6.02. The van der Waals surface area contributed by atoms with E-state index < -0.39 is 0 Å². The summed E-state index contributed by atoms with van der Waals surface area (Å²) in [5, 5.41) is 4.79. The van der Waals surface area contributed by atoms with Crippen LogP contribution < -0.4 is 26.8 Å². The molecule has 3 aromatic carbocycles. The number of fused-ring (bicyclic) bond motifs is 1. The molecular formula is C29H27Cl3N4O3. The number of hydrogen-bond acceptors (Lipinski definition) is 6. The lowest BCUT2D eigenvalue weighted by Crippen LogP contribution is -2.19. The van der Waals surface area contributed by atoms with Crippen LogP contribution in [0.2, 0.25) is 15.1 Å². The molecule has 0 amide bonds. The second-order valence-corrected chi connectivity index (χ2v) is 10.8. The molecule has 1 atom stereocenters. The molecule has 0 bridgehead atoms. The molecule has 1 aliphatic heterocycles. The number of rotatable bonds is 8. The van der Waals surface area contributed by atoms with Gasteiger partial charge in [0.15, 0.2) is 5.78 Å². The van der Waals surface area contributed by atoms with Crippen LogP contribution in [-0.4, -0.2) is 18.2 Å². The third-order valence-corrected chi connectivity index (χ3v) is 7.90. The van der Waals surface area contributed by atoms with Crippen molar-refractivity contribution in [1.82, 2.24) is 0 Å². The van der Waals surface area contributed by atoms with Crippen molar-refractivity contribution in [3.63, 3.8) is 0 Å². The number of nitrogens with zero attached hydrogens (tertiary/aromatic N) is 1. The van der Waals surface area contributed by atoms with Gasteiger partial charge in [-0.3, -0.25) is 4.79 Å². The summed E-state index contributed by atoms with van der Waals surface area (Å²) in [6.45, 7) is -0.0384. The van der Waals surface area contributed by atoms with Crippen molar-refractivity contribution >= 4 is 52.1 Å². The number of nitrogens with two attached hydrogens (primary N) is 3. The van der Waals surface area contributed by atoms with Crippen molar-refractivity contribution in [2.24, 2.45) is 28.3 Å². The van der Waals surface area contributed by atoms with Crippen LogP contribution in [-0.2, 0) is 11.2 Å². The summed E-state index contributed by atoms with van der Waals surface area (Å²) in [6.07, 6.45) is 2.93. The summed E-state index contributed by atoms with van der Waals surface area (Å²) in [5.74, 6) is 6.72. The second kappa shape index (κ2) is 11.4. The Hall–Kier alpha value is -3.39. The van der Waals surface area contributed by atoms with Gasteiger partial charge in [-0.05, 0) is 73.7 Å². The lowest BCUT2D eigenvalue weighted by atomic mass is 9.96. The van der Waals surface area contributed by atoms with Gasteiger partial charge in [0.1, 0.15) is 30.0 Å². The molecular weight excluding hydrogens is 559 g/mol. The number of benzene rings is 3. The fourth-order valence-corrected chi connectivity index (χ4v) is 5.53. The average molecular weight is 586 g/mol. The van der Waals surface area contributed by atoms with E-state index in [2.05, 4.69) is 5.10 Å². The van der Waals surface area contributed by atoms with Gasteiger partial charge in [0.2, 0.25) is 0 Å². The molecule has 1 saturated carbocycles. The Morgan fingerprint density at radius 3 is 2.38 bits per heavy atom. The number of ketones is 1. The first-order chi connectivity index (χ1) is 18.8. The zero-order chi connectivity index (χ0) is 27.7. The number of carbonyl (C=O) groups excluding carboxylic acids is 1. The molecule has 0 radical (unpaired) electrons. The van der Waals surface area contributed by atoms with Crippen LogP contribution in [0.5, 0.6) is 11.5 Å². The van der Waals surface area contributed by atoms with Crippen molar-refractivity contribution in [2.75, 3.05) is 6.61 Å². The van der Waals surface area contributed by atoms with Crippen LogP contribution in [0.25, 0.3) is 5.70 Å². The van der Waals surface area contributed by atoms with Crippen LogP contribution in [0.15, 0.2) is 65.3 Å². The quantitative estimate of drug-likeness (QED) is 0.0976. The van der Waals surface area contributed by atoms with E-state index in [1.54, 1.807) is 30.3 Å². The first-order valence-corrected chi connectivity index (χ1v) is 13.6. The summed E-state index contributed by atoms with van der Waals surface area (Å²) < 4.78 is 12.3. The highest BCUT2D eigenvalue weighted by Gasteiger charge is 2.34. The summed E-state index contributed by atoms with van der Waals surface area (Å²) >= 11 is 19.4. The molecule has 5 rings (SSSR count). The lowest BCUT2D eigenvalue weighted by Gasteiger charge is -2.27. The number of amidine groups is 1. The molecule has 0 spiro atoms. The van der Waals surface area contributed by atoms with Gasteiger partial charge >= 0.3 is 0 Å². The molecule has 1 fully saturated rings. The van der Waals surface area contributed by atoms with E-state index in [9.17, 15) is 4.79 Å². The van der Waals surface area contributed by atoms with Crippen molar-refractivity contribution in [1.29, 1.82) is 0 Å². The van der Waals surface area contributed by atoms with Gasteiger partial charge < -0.3 is 26.8 Å². The Labute approximate surface area is 241 Å². The highest BCUT2D eigenvalue weighted by atomic mass is 35.5. The molecule has 1 unspecified atom stereocenters. The van der Waals surface area contributed by atoms with E-state index in [0.717, 1.165) is 48.1 Å². The van der Waals surface area contributed by atoms with Gasteiger partial charge in [-0.1, -0.05) is 46.9 Å². The van der Waals surface area contributed by atoms with Crippen molar-refractivity contribution in [3.8, 4) is 11.5 Å². The predicted molar refractivity (Wildman–Crippen MR) is 155 cm³/mol. The number of aryl methyl sites for hydroxylation is 1. The zero-order valence-corrected chi connectivity index (χ0v) is 23.2.